The summed E-state index contributed by atoms with van der Waals surface area (Å²) in [6.07, 6.45) is 21.3. The van der Waals surface area contributed by atoms with Crippen molar-refractivity contribution >= 4 is 17.7 Å². The van der Waals surface area contributed by atoms with Crippen LogP contribution in [0.1, 0.15) is 123 Å². The zero-order chi connectivity index (χ0) is 22.0. The van der Waals surface area contributed by atoms with Crippen LogP contribution >= 0.6 is 12.6 Å². The van der Waals surface area contributed by atoms with Crippen LogP contribution in [0.4, 0.5) is 0 Å². The van der Waals surface area contributed by atoms with E-state index in [0.29, 0.717) is 11.0 Å². The summed E-state index contributed by atoms with van der Waals surface area (Å²) in [5, 5.41) is 10.4. The molecule has 29 heavy (non-hydrogen) atoms. The van der Waals surface area contributed by atoms with E-state index in [9.17, 15) is 9.90 Å². The molecular formula is C25H52NO2S+. The Morgan fingerprint density at radius 1 is 0.724 bits per heavy atom. The first-order chi connectivity index (χ1) is 13.8. The molecule has 0 aliphatic heterocycles. The molecule has 4 heteroatoms. The van der Waals surface area contributed by atoms with Gasteiger partial charge in [0.1, 0.15) is 12.6 Å². The summed E-state index contributed by atoms with van der Waals surface area (Å²) in [7, 11) is 4.09. The number of aliphatic hydroxyl groups is 1. The van der Waals surface area contributed by atoms with E-state index in [2.05, 4.69) is 26.5 Å². The average Bonchev–Trinajstić information content (AvgIpc) is 2.65. The SMILES string of the molecule is CCCCCCCCCCCCCCCCC(O)C[N+](C)(C)C(CCC)C(=O)S. The predicted molar refractivity (Wildman–Crippen MR) is 131 cm³/mol. The number of hydrogen-bond acceptors (Lipinski definition) is 2. The van der Waals surface area contributed by atoms with Crippen LogP contribution in [0.15, 0.2) is 0 Å². The molecule has 0 aliphatic rings. The lowest BCUT2D eigenvalue weighted by atomic mass is 10.0. The molecule has 0 bridgehead atoms. The van der Waals surface area contributed by atoms with Crippen molar-refractivity contribution in [1.29, 1.82) is 0 Å². The fourth-order valence-electron chi connectivity index (χ4n) is 4.38. The fraction of sp³-hybridized carbons (Fsp3) is 0.960. The molecule has 0 radical (unpaired) electrons. The average molecular weight is 431 g/mol. The summed E-state index contributed by atoms with van der Waals surface area (Å²) in [5.41, 5.74) is 0. The van der Waals surface area contributed by atoms with Crippen molar-refractivity contribution in [2.24, 2.45) is 0 Å². The molecule has 0 amide bonds. The van der Waals surface area contributed by atoms with E-state index in [1.165, 1.54) is 83.5 Å². The lowest BCUT2D eigenvalue weighted by molar-refractivity contribution is -0.908. The van der Waals surface area contributed by atoms with Crippen molar-refractivity contribution in [1.82, 2.24) is 0 Å². The zero-order valence-electron chi connectivity index (χ0n) is 20.1. The summed E-state index contributed by atoms with van der Waals surface area (Å²) in [4.78, 5) is 11.8. The van der Waals surface area contributed by atoms with E-state index >= 15 is 0 Å². The van der Waals surface area contributed by atoms with Crippen LogP contribution in [0.5, 0.6) is 0 Å². The number of thiol groups is 1. The van der Waals surface area contributed by atoms with Gasteiger partial charge in [0.2, 0.25) is 5.12 Å². The summed E-state index contributed by atoms with van der Waals surface area (Å²) in [5.74, 6) is 0. The summed E-state index contributed by atoms with van der Waals surface area (Å²) >= 11 is 4.07. The monoisotopic (exact) mass is 430 g/mol. The van der Waals surface area contributed by atoms with Crippen LogP contribution in [-0.4, -0.2) is 47.5 Å². The molecule has 3 nitrogen and oxygen atoms in total. The Morgan fingerprint density at radius 3 is 1.52 bits per heavy atom. The quantitative estimate of drug-likeness (QED) is 0.118. The Morgan fingerprint density at radius 2 is 1.14 bits per heavy atom. The second-order valence-corrected chi connectivity index (χ2v) is 10.1. The van der Waals surface area contributed by atoms with E-state index in [0.717, 1.165) is 25.7 Å². The molecule has 0 saturated carbocycles. The topological polar surface area (TPSA) is 37.3 Å². The van der Waals surface area contributed by atoms with E-state index in [1.807, 2.05) is 14.1 Å². The van der Waals surface area contributed by atoms with E-state index < -0.39 is 0 Å². The molecule has 2 atom stereocenters. The Labute approximate surface area is 188 Å². The maximum atomic E-state index is 11.8. The lowest BCUT2D eigenvalue weighted by Gasteiger charge is -2.37. The Balaban J connectivity index is 3.62. The summed E-state index contributed by atoms with van der Waals surface area (Å²) in [6.45, 7) is 5.00. The molecule has 0 aromatic rings. The van der Waals surface area contributed by atoms with Crippen LogP contribution in [0.2, 0.25) is 0 Å². The molecule has 0 fully saturated rings. The number of quaternary nitrogens is 1. The molecular weight excluding hydrogens is 378 g/mol. The van der Waals surface area contributed by atoms with E-state index in [-0.39, 0.29) is 17.3 Å². The number of aliphatic hydroxyl groups excluding tert-OH is 1. The first kappa shape index (κ1) is 28.9. The van der Waals surface area contributed by atoms with Crippen molar-refractivity contribution < 1.29 is 14.4 Å². The third kappa shape index (κ3) is 16.3. The standard InChI is InChI=1S/C25H51NO2S/c1-5-7-8-9-10-11-12-13-14-15-16-17-18-19-21-23(27)22-26(3,4)24(20-6-2)25(28)29/h23-24,27H,5-22H2,1-4H3/p+1. The van der Waals surface area contributed by atoms with Crippen molar-refractivity contribution in [2.45, 2.75) is 135 Å². The van der Waals surface area contributed by atoms with Gasteiger partial charge >= 0.3 is 0 Å². The lowest BCUT2D eigenvalue weighted by Crippen LogP contribution is -2.55. The number of likely N-dealkylation sites (N-methyl/N-ethyl adjacent to an activating group) is 1. The molecule has 0 aliphatic carbocycles. The van der Waals surface area contributed by atoms with Gasteiger partial charge in [0, 0.05) is 6.42 Å². The number of nitrogens with zero attached hydrogens (tertiary/aromatic N) is 1. The highest BCUT2D eigenvalue weighted by atomic mass is 32.1. The van der Waals surface area contributed by atoms with Crippen molar-refractivity contribution in [3.05, 3.63) is 0 Å². The van der Waals surface area contributed by atoms with Gasteiger partial charge in [0.15, 0.2) is 6.04 Å². The number of hydrogen-bond donors (Lipinski definition) is 2. The Kier molecular flexibility index (Phi) is 18.6. The van der Waals surface area contributed by atoms with Gasteiger partial charge in [0.25, 0.3) is 0 Å². The molecule has 0 heterocycles. The molecule has 174 valence electrons. The number of carbonyl (C=O) groups excluding carboxylic acids is 1. The van der Waals surface area contributed by atoms with Gasteiger partial charge in [-0.3, -0.25) is 4.79 Å². The molecule has 0 saturated heterocycles. The van der Waals surface area contributed by atoms with Gasteiger partial charge in [0.05, 0.1) is 14.1 Å². The van der Waals surface area contributed by atoms with Crippen LogP contribution in [0, 0.1) is 0 Å². The number of carbonyl (C=O) groups is 1. The normalized spacial score (nSPS) is 14.1. The highest BCUT2D eigenvalue weighted by Gasteiger charge is 2.33. The largest absolute Gasteiger partial charge is 0.387 e. The maximum Gasteiger partial charge on any atom is 0.243 e. The minimum atomic E-state index is -0.325. The summed E-state index contributed by atoms with van der Waals surface area (Å²) < 4.78 is 0.538. The molecule has 2 unspecified atom stereocenters. The van der Waals surface area contributed by atoms with Gasteiger partial charge in [-0.25, -0.2) is 0 Å². The molecule has 0 spiro atoms. The maximum absolute atomic E-state index is 11.8. The summed E-state index contributed by atoms with van der Waals surface area (Å²) in [6, 6.07) is -0.116. The third-order valence-corrected chi connectivity index (χ3v) is 6.56. The smallest absolute Gasteiger partial charge is 0.243 e. The van der Waals surface area contributed by atoms with Crippen molar-refractivity contribution in [3.63, 3.8) is 0 Å². The van der Waals surface area contributed by atoms with Crippen LogP contribution < -0.4 is 0 Å². The highest BCUT2D eigenvalue weighted by Crippen LogP contribution is 2.19. The molecule has 0 aromatic heterocycles. The third-order valence-electron chi connectivity index (χ3n) is 6.26. The first-order valence-corrected chi connectivity index (χ1v) is 13.0. The second-order valence-electron chi connectivity index (χ2n) is 9.64. The second kappa shape index (κ2) is 18.7. The van der Waals surface area contributed by atoms with Gasteiger partial charge < -0.3 is 9.59 Å². The zero-order valence-corrected chi connectivity index (χ0v) is 21.0. The van der Waals surface area contributed by atoms with Crippen molar-refractivity contribution in [3.8, 4) is 0 Å². The Bertz CT molecular complexity index is 387. The van der Waals surface area contributed by atoms with Gasteiger partial charge in [-0.1, -0.05) is 123 Å². The van der Waals surface area contributed by atoms with Crippen molar-refractivity contribution in [2.75, 3.05) is 20.6 Å². The van der Waals surface area contributed by atoms with Gasteiger partial charge in [-0.15, -0.1) is 0 Å². The van der Waals surface area contributed by atoms with Crippen LogP contribution in [0.25, 0.3) is 0 Å². The minimum absolute atomic E-state index is 0.0551. The van der Waals surface area contributed by atoms with E-state index in [4.69, 9.17) is 0 Å². The Hall–Kier alpha value is -0.0600. The molecule has 0 rings (SSSR count). The van der Waals surface area contributed by atoms with Crippen LogP contribution in [0.3, 0.4) is 0 Å². The fourth-order valence-corrected chi connectivity index (χ4v) is 4.82. The highest BCUT2D eigenvalue weighted by molar-refractivity contribution is 7.96. The number of rotatable bonds is 21. The van der Waals surface area contributed by atoms with Gasteiger partial charge in [-0.2, -0.15) is 0 Å². The molecule has 0 aromatic carbocycles. The molecule has 1 N–H and O–H groups in total. The van der Waals surface area contributed by atoms with E-state index in [1.54, 1.807) is 0 Å². The van der Waals surface area contributed by atoms with Gasteiger partial charge in [-0.05, 0) is 6.42 Å². The first-order valence-electron chi connectivity index (χ1n) is 12.6. The van der Waals surface area contributed by atoms with Crippen LogP contribution in [-0.2, 0) is 4.79 Å². The minimum Gasteiger partial charge on any atom is -0.387 e. The predicted octanol–water partition coefficient (Wildman–Crippen LogP) is 6.92. The number of unbranched alkanes of at least 4 members (excludes halogenated alkanes) is 13.